The zero-order valence-electron chi connectivity index (χ0n) is 17.4. The van der Waals surface area contributed by atoms with Gasteiger partial charge in [0.25, 0.3) is 5.91 Å². The van der Waals surface area contributed by atoms with Crippen LogP contribution in [0.2, 0.25) is 0 Å². The van der Waals surface area contributed by atoms with E-state index in [2.05, 4.69) is 5.32 Å². The number of anilines is 1. The maximum absolute atomic E-state index is 13.4. The Morgan fingerprint density at radius 2 is 1.83 bits per heavy atom. The van der Waals surface area contributed by atoms with Gasteiger partial charge in [0.1, 0.15) is 5.00 Å². The first-order valence-corrected chi connectivity index (χ1v) is 11.9. The van der Waals surface area contributed by atoms with Gasteiger partial charge in [-0.1, -0.05) is 18.2 Å². The first-order valence-electron chi connectivity index (χ1n) is 9.93. The van der Waals surface area contributed by atoms with E-state index in [4.69, 9.17) is 0 Å². The maximum Gasteiger partial charge on any atom is 0.257 e. The molecule has 0 unspecified atom stereocenters. The fourth-order valence-electron chi connectivity index (χ4n) is 3.76. The van der Waals surface area contributed by atoms with Crippen molar-refractivity contribution in [2.75, 3.05) is 24.7 Å². The molecular weight excluding hydrogens is 414 g/mol. The lowest BCUT2D eigenvalue weighted by atomic mass is 10.1. The number of thiophene rings is 1. The molecule has 5 nitrogen and oxygen atoms in total. The molecule has 0 aliphatic carbocycles. The Kier molecular flexibility index (Phi) is 6.01. The minimum Gasteiger partial charge on any atom is -0.332 e. The molecule has 0 bridgehead atoms. The van der Waals surface area contributed by atoms with Crippen molar-refractivity contribution in [1.29, 1.82) is 0 Å². The summed E-state index contributed by atoms with van der Waals surface area (Å²) in [4.78, 5) is 28.9. The molecule has 0 radical (unpaired) electrons. The van der Waals surface area contributed by atoms with Crippen molar-refractivity contribution in [3.8, 4) is 5.00 Å². The zero-order chi connectivity index (χ0) is 21.3. The topological polar surface area (TPSA) is 54.3 Å². The molecular formula is C23H25N3O2S2. The maximum atomic E-state index is 13.4. The number of fused-ring (bicyclic) bond motifs is 1. The Morgan fingerprint density at radius 1 is 1.13 bits per heavy atom. The van der Waals surface area contributed by atoms with Crippen molar-refractivity contribution in [1.82, 2.24) is 9.47 Å². The lowest BCUT2D eigenvalue weighted by molar-refractivity contribution is -0.116. The molecule has 0 saturated heterocycles. The summed E-state index contributed by atoms with van der Waals surface area (Å²) in [6, 6.07) is 9.83. The van der Waals surface area contributed by atoms with Crippen LogP contribution < -0.4 is 5.32 Å². The predicted molar refractivity (Wildman–Crippen MR) is 125 cm³/mol. The zero-order valence-corrected chi connectivity index (χ0v) is 19.0. The number of rotatable bonds is 5. The van der Waals surface area contributed by atoms with Crippen LogP contribution >= 0.6 is 23.1 Å². The molecule has 2 amide bonds. The van der Waals surface area contributed by atoms with Gasteiger partial charge in [-0.3, -0.25) is 9.59 Å². The predicted octanol–water partition coefficient (Wildman–Crippen LogP) is 4.66. The van der Waals surface area contributed by atoms with Crippen LogP contribution in [0.3, 0.4) is 0 Å². The smallest absolute Gasteiger partial charge is 0.257 e. The number of benzene rings is 1. The monoisotopic (exact) mass is 439 g/mol. The van der Waals surface area contributed by atoms with Crippen molar-refractivity contribution in [2.45, 2.75) is 26.0 Å². The number of nitrogens with one attached hydrogen (secondary N) is 1. The van der Waals surface area contributed by atoms with E-state index in [0.29, 0.717) is 0 Å². The van der Waals surface area contributed by atoms with Crippen LogP contribution in [0.25, 0.3) is 5.00 Å². The Hall–Kier alpha value is -2.51. The Balaban J connectivity index is 1.57. The quantitative estimate of drug-likeness (QED) is 0.629. The van der Waals surface area contributed by atoms with E-state index in [0.717, 1.165) is 50.9 Å². The number of thioether (sulfide) groups is 1. The third-order valence-electron chi connectivity index (χ3n) is 5.33. The van der Waals surface area contributed by atoms with Gasteiger partial charge in [0.2, 0.25) is 5.91 Å². The molecule has 156 valence electrons. The average Bonchev–Trinajstić information content (AvgIpc) is 3.37. The molecule has 0 saturated carbocycles. The van der Waals surface area contributed by atoms with Crippen LogP contribution in [-0.4, -0.2) is 40.6 Å². The number of carbonyl (C=O) groups is 2. The van der Waals surface area contributed by atoms with E-state index in [9.17, 15) is 9.59 Å². The second-order valence-electron chi connectivity index (χ2n) is 7.55. The van der Waals surface area contributed by atoms with Gasteiger partial charge in [-0.15, -0.1) is 11.3 Å². The molecule has 0 atom stereocenters. The molecule has 7 heteroatoms. The highest BCUT2D eigenvalue weighted by Crippen LogP contribution is 2.38. The number of hydrogen-bond donors (Lipinski definition) is 1. The third kappa shape index (κ3) is 4.04. The number of carbonyl (C=O) groups excluding carboxylic acids is 2. The van der Waals surface area contributed by atoms with Gasteiger partial charge in [-0.2, -0.15) is 11.8 Å². The number of aryl methyl sites for hydroxylation is 2. The summed E-state index contributed by atoms with van der Waals surface area (Å²) in [5.41, 5.74) is 4.73. The standard InChI is InChI=1S/C23H25N3O2S2/c1-15-7-6-8-16(2)21(15)24-19(27)13-25(3)22(28)20-17-9-12-29-14-18(17)30-23(20)26-10-4-5-11-26/h4-8,10-11H,9,12-14H2,1-3H3,(H,24,27). The van der Waals surface area contributed by atoms with E-state index >= 15 is 0 Å². The van der Waals surface area contributed by atoms with Gasteiger partial charge in [0.15, 0.2) is 0 Å². The van der Waals surface area contributed by atoms with Crippen LogP contribution in [0.15, 0.2) is 42.7 Å². The van der Waals surface area contributed by atoms with Gasteiger partial charge in [-0.05, 0) is 54.8 Å². The highest BCUT2D eigenvalue weighted by atomic mass is 32.2. The molecule has 1 aromatic carbocycles. The minimum atomic E-state index is -0.189. The van der Waals surface area contributed by atoms with E-state index in [1.165, 1.54) is 9.78 Å². The number of nitrogens with zero attached hydrogens (tertiary/aromatic N) is 2. The summed E-state index contributed by atoms with van der Waals surface area (Å²) in [7, 11) is 1.70. The second kappa shape index (κ2) is 8.70. The third-order valence-corrected chi connectivity index (χ3v) is 7.74. The van der Waals surface area contributed by atoms with Gasteiger partial charge >= 0.3 is 0 Å². The second-order valence-corrected chi connectivity index (χ2v) is 9.74. The summed E-state index contributed by atoms with van der Waals surface area (Å²) in [6.45, 7) is 3.95. The molecule has 3 aromatic rings. The van der Waals surface area contributed by atoms with Gasteiger partial charge in [0.05, 0.1) is 12.1 Å². The van der Waals surface area contributed by atoms with Crippen LogP contribution in [0.5, 0.6) is 0 Å². The van der Waals surface area contributed by atoms with Crippen molar-refractivity contribution in [3.05, 3.63) is 69.9 Å². The summed E-state index contributed by atoms with van der Waals surface area (Å²) in [6.07, 6.45) is 4.82. The minimum absolute atomic E-state index is 0.0110. The van der Waals surface area contributed by atoms with E-state index in [-0.39, 0.29) is 18.4 Å². The summed E-state index contributed by atoms with van der Waals surface area (Å²) in [5, 5.41) is 3.92. The molecule has 1 aliphatic heterocycles. The molecule has 3 heterocycles. The molecule has 0 spiro atoms. The van der Waals surface area contributed by atoms with E-state index < -0.39 is 0 Å². The Morgan fingerprint density at radius 3 is 2.53 bits per heavy atom. The van der Waals surface area contributed by atoms with Crippen molar-refractivity contribution < 1.29 is 9.59 Å². The fraction of sp³-hybridized carbons (Fsp3) is 0.304. The SMILES string of the molecule is Cc1cccc(C)c1NC(=O)CN(C)C(=O)c1c(-n2cccc2)sc2c1CCSC2. The Labute approximate surface area is 185 Å². The molecule has 0 fully saturated rings. The lowest BCUT2D eigenvalue weighted by Gasteiger charge is -2.20. The molecule has 30 heavy (non-hydrogen) atoms. The highest BCUT2D eigenvalue weighted by Gasteiger charge is 2.28. The highest BCUT2D eigenvalue weighted by molar-refractivity contribution is 7.98. The summed E-state index contributed by atoms with van der Waals surface area (Å²) < 4.78 is 2.01. The van der Waals surface area contributed by atoms with Gasteiger partial charge in [-0.25, -0.2) is 0 Å². The summed E-state index contributed by atoms with van der Waals surface area (Å²) in [5.74, 6) is 1.68. The van der Waals surface area contributed by atoms with E-state index in [1.54, 1.807) is 18.4 Å². The number of para-hydroxylation sites is 1. The molecule has 1 aliphatic rings. The van der Waals surface area contributed by atoms with Crippen LogP contribution in [-0.2, 0) is 17.0 Å². The molecule has 2 aromatic heterocycles. The molecule has 4 rings (SSSR count). The van der Waals surface area contributed by atoms with Gasteiger partial charge in [0, 0.05) is 35.8 Å². The Bertz CT molecular complexity index is 1070. The van der Waals surface area contributed by atoms with Crippen LogP contribution in [0.4, 0.5) is 5.69 Å². The number of likely N-dealkylation sites (N-methyl/N-ethyl adjacent to an activating group) is 1. The van der Waals surface area contributed by atoms with Crippen molar-refractivity contribution in [3.63, 3.8) is 0 Å². The molecule has 1 N–H and O–H groups in total. The van der Waals surface area contributed by atoms with Crippen LogP contribution in [0.1, 0.15) is 31.9 Å². The number of aromatic nitrogens is 1. The fourth-order valence-corrected chi connectivity index (χ4v) is 6.20. The normalized spacial score (nSPS) is 13.0. The van der Waals surface area contributed by atoms with Crippen molar-refractivity contribution >= 4 is 40.6 Å². The average molecular weight is 440 g/mol. The number of hydrogen-bond acceptors (Lipinski definition) is 4. The first kappa shape index (κ1) is 20.8. The van der Waals surface area contributed by atoms with E-state index in [1.807, 2.05) is 72.9 Å². The lowest BCUT2D eigenvalue weighted by Crippen LogP contribution is -2.36. The van der Waals surface area contributed by atoms with Crippen LogP contribution in [0, 0.1) is 13.8 Å². The summed E-state index contributed by atoms with van der Waals surface area (Å²) >= 11 is 3.59. The van der Waals surface area contributed by atoms with Gasteiger partial charge < -0.3 is 14.8 Å². The first-order chi connectivity index (χ1) is 14.5. The largest absolute Gasteiger partial charge is 0.332 e. The van der Waals surface area contributed by atoms with Crippen molar-refractivity contribution in [2.24, 2.45) is 0 Å². The number of amides is 2.